The van der Waals surface area contributed by atoms with Crippen LogP contribution in [0.25, 0.3) is 11.3 Å². The second-order valence-corrected chi connectivity index (χ2v) is 13.2. The lowest BCUT2D eigenvalue weighted by Gasteiger charge is -2.40. The Bertz CT molecular complexity index is 1360. The van der Waals surface area contributed by atoms with Gasteiger partial charge in [0.15, 0.2) is 6.10 Å². The quantitative estimate of drug-likeness (QED) is 0.267. The molecule has 7 nitrogen and oxygen atoms in total. The summed E-state index contributed by atoms with van der Waals surface area (Å²) in [7, 11) is 0. The van der Waals surface area contributed by atoms with Gasteiger partial charge in [-0.3, -0.25) is 9.97 Å². The minimum atomic E-state index is -1.17. The summed E-state index contributed by atoms with van der Waals surface area (Å²) in [6.45, 7) is 14.0. The molecule has 1 unspecified atom stereocenters. The van der Waals surface area contributed by atoms with Crippen LogP contribution in [0.3, 0.4) is 0 Å². The van der Waals surface area contributed by atoms with E-state index >= 15 is 0 Å². The second-order valence-electron chi connectivity index (χ2n) is 12.4. The highest BCUT2D eigenvalue weighted by Crippen LogP contribution is 2.43. The Kier molecular flexibility index (Phi) is 9.52. The normalized spacial score (nSPS) is 16.0. The molecule has 4 rings (SSSR count). The standard InChI is InChI=1S/C32H39Cl2N3O4/c1-20-27(29(30(38)39)41-31(2,3)4)28(37-12-10-32(5,6)11-13-37)25(19-35-20)26-8-7-24(18-36-26)40-14-9-21-15-22(33)17-23(34)16-21/h7-8,15-19,29H,9-14H2,1-6H3,(H,38,39). The van der Waals surface area contributed by atoms with Gasteiger partial charge in [-0.2, -0.15) is 0 Å². The van der Waals surface area contributed by atoms with Crippen molar-refractivity contribution in [3.05, 3.63) is 69.6 Å². The van der Waals surface area contributed by atoms with Gasteiger partial charge in [-0.15, -0.1) is 0 Å². The van der Waals surface area contributed by atoms with Crippen molar-refractivity contribution in [1.82, 2.24) is 9.97 Å². The molecule has 3 heterocycles. The van der Waals surface area contributed by atoms with E-state index in [-0.39, 0.29) is 5.41 Å². The first-order chi connectivity index (χ1) is 19.2. The predicted octanol–water partition coefficient (Wildman–Crippen LogP) is 7.95. The lowest BCUT2D eigenvalue weighted by Crippen LogP contribution is -2.39. The fourth-order valence-corrected chi connectivity index (χ4v) is 5.61. The number of hydrogen-bond donors (Lipinski definition) is 1. The van der Waals surface area contributed by atoms with E-state index in [1.165, 1.54) is 0 Å². The van der Waals surface area contributed by atoms with E-state index in [1.807, 2.05) is 52.0 Å². The summed E-state index contributed by atoms with van der Waals surface area (Å²) in [4.78, 5) is 24.2. The van der Waals surface area contributed by atoms with Gasteiger partial charge in [0.05, 0.1) is 29.8 Å². The lowest BCUT2D eigenvalue weighted by atomic mass is 9.82. The molecule has 1 aromatic carbocycles. The van der Waals surface area contributed by atoms with Gasteiger partial charge in [-0.1, -0.05) is 37.0 Å². The van der Waals surface area contributed by atoms with Crippen molar-refractivity contribution in [3.8, 4) is 17.0 Å². The van der Waals surface area contributed by atoms with E-state index in [9.17, 15) is 9.90 Å². The van der Waals surface area contributed by atoms with Gasteiger partial charge < -0.3 is 19.5 Å². The second kappa shape index (κ2) is 12.6. The van der Waals surface area contributed by atoms with E-state index in [2.05, 4.69) is 23.7 Å². The Morgan fingerprint density at radius 1 is 1.07 bits per heavy atom. The van der Waals surface area contributed by atoms with E-state index in [1.54, 1.807) is 18.5 Å². The van der Waals surface area contributed by atoms with Crippen molar-refractivity contribution in [3.63, 3.8) is 0 Å². The molecule has 9 heteroatoms. The molecule has 220 valence electrons. The summed E-state index contributed by atoms with van der Waals surface area (Å²) in [5.41, 5.74) is 4.04. The molecule has 1 fully saturated rings. The average molecular weight is 601 g/mol. The SMILES string of the molecule is Cc1ncc(-c2ccc(OCCc3cc(Cl)cc(Cl)c3)cn2)c(N2CCC(C)(C)CC2)c1C(OC(C)(C)C)C(=O)O. The van der Waals surface area contributed by atoms with Gasteiger partial charge in [-0.25, -0.2) is 4.79 Å². The van der Waals surface area contributed by atoms with E-state index in [0.29, 0.717) is 45.8 Å². The predicted molar refractivity (Wildman–Crippen MR) is 164 cm³/mol. The number of piperidine rings is 1. The number of rotatable bonds is 9. The van der Waals surface area contributed by atoms with Crippen molar-refractivity contribution in [1.29, 1.82) is 0 Å². The molecule has 1 aliphatic heterocycles. The molecule has 2 aromatic heterocycles. The van der Waals surface area contributed by atoms with Crippen molar-refractivity contribution in [2.45, 2.75) is 72.5 Å². The van der Waals surface area contributed by atoms with E-state index < -0.39 is 17.7 Å². The number of nitrogens with zero attached hydrogens (tertiary/aromatic N) is 3. The number of carboxylic acids is 1. The number of ether oxygens (including phenoxy) is 2. The molecule has 1 saturated heterocycles. The minimum absolute atomic E-state index is 0.223. The number of aliphatic carboxylic acids is 1. The monoisotopic (exact) mass is 599 g/mol. The molecule has 41 heavy (non-hydrogen) atoms. The number of pyridine rings is 2. The molecule has 3 aromatic rings. The van der Waals surface area contributed by atoms with Crippen LogP contribution in [0.1, 0.15) is 70.4 Å². The molecule has 0 amide bonds. The third kappa shape index (κ3) is 8.12. The van der Waals surface area contributed by atoms with Gasteiger partial charge in [0.1, 0.15) is 5.75 Å². The fourth-order valence-electron chi connectivity index (χ4n) is 5.04. The van der Waals surface area contributed by atoms with E-state index in [4.69, 9.17) is 37.7 Å². The number of anilines is 1. The number of halogens is 2. The Balaban J connectivity index is 1.66. The van der Waals surface area contributed by atoms with Gasteiger partial charge in [0, 0.05) is 52.6 Å². The number of aryl methyl sites for hydroxylation is 1. The number of hydrogen-bond acceptors (Lipinski definition) is 6. The zero-order chi connectivity index (χ0) is 29.9. The van der Waals surface area contributed by atoms with Crippen LogP contribution in [0.5, 0.6) is 5.75 Å². The first-order valence-electron chi connectivity index (χ1n) is 13.9. The first-order valence-corrected chi connectivity index (χ1v) is 14.7. The Morgan fingerprint density at radius 3 is 2.29 bits per heavy atom. The molecule has 0 aliphatic carbocycles. The molecule has 0 radical (unpaired) electrons. The first kappa shape index (κ1) is 31.1. The van der Waals surface area contributed by atoms with Gasteiger partial charge >= 0.3 is 5.97 Å². The van der Waals surface area contributed by atoms with Crippen LogP contribution >= 0.6 is 23.2 Å². The number of aromatic nitrogens is 2. The Labute approximate surface area is 252 Å². The van der Waals surface area contributed by atoms with Crippen LogP contribution in [-0.2, 0) is 16.0 Å². The van der Waals surface area contributed by atoms with E-state index in [0.717, 1.165) is 42.7 Å². The maximum absolute atomic E-state index is 12.6. The lowest BCUT2D eigenvalue weighted by molar-refractivity contribution is -0.160. The van der Waals surface area contributed by atoms with Crippen molar-refractivity contribution in [2.24, 2.45) is 5.41 Å². The maximum Gasteiger partial charge on any atom is 0.337 e. The minimum Gasteiger partial charge on any atom is -0.492 e. The summed E-state index contributed by atoms with van der Waals surface area (Å²) in [6.07, 6.45) is 4.92. The summed E-state index contributed by atoms with van der Waals surface area (Å²) in [5.74, 6) is -0.416. The highest BCUT2D eigenvalue weighted by atomic mass is 35.5. The molecule has 1 atom stereocenters. The van der Waals surface area contributed by atoms with Crippen LogP contribution in [0.15, 0.2) is 42.7 Å². The van der Waals surface area contributed by atoms with Crippen LogP contribution in [0.4, 0.5) is 5.69 Å². The third-order valence-corrected chi connectivity index (χ3v) is 7.71. The smallest absolute Gasteiger partial charge is 0.337 e. The summed E-state index contributed by atoms with van der Waals surface area (Å²) in [6, 6.07) is 9.21. The van der Waals surface area contributed by atoms with Crippen LogP contribution in [0.2, 0.25) is 10.0 Å². The number of benzene rings is 1. The Morgan fingerprint density at radius 2 is 1.73 bits per heavy atom. The Hall–Kier alpha value is -2.87. The molecule has 0 saturated carbocycles. The molecule has 1 aliphatic rings. The molecule has 1 N–H and O–H groups in total. The van der Waals surface area contributed by atoms with Crippen LogP contribution in [0, 0.1) is 12.3 Å². The zero-order valence-electron chi connectivity index (χ0n) is 24.6. The molecular formula is C32H39Cl2N3O4. The fraction of sp³-hybridized carbons (Fsp3) is 0.469. The van der Waals surface area contributed by atoms with Gasteiger partial charge in [-0.05, 0) is 81.8 Å². The van der Waals surface area contributed by atoms with Gasteiger partial charge in [0.25, 0.3) is 0 Å². The molecule has 0 spiro atoms. The summed E-state index contributed by atoms with van der Waals surface area (Å²) < 4.78 is 12.1. The average Bonchev–Trinajstić information content (AvgIpc) is 2.87. The van der Waals surface area contributed by atoms with Gasteiger partial charge in [0.2, 0.25) is 0 Å². The van der Waals surface area contributed by atoms with Crippen LogP contribution < -0.4 is 9.64 Å². The maximum atomic E-state index is 12.6. The summed E-state index contributed by atoms with van der Waals surface area (Å²) in [5, 5.41) is 11.5. The van der Waals surface area contributed by atoms with Crippen molar-refractivity contribution >= 4 is 34.9 Å². The summed E-state index contributed by atoms with van der Waals surface area (Å²) >= 11 is 12.2. The largest absolute Gasteiger partial charge is 0.492 e. The highest BCUT2D eigenvalue weighted by Gasteiger charge is 2.36. The van der Waals surface area contributed by atoms with Crippen molar-refractivity contribution in [2.75, 3.05) is 24.6 Å². The zero-order valence-corrected chi connectivity index (χ0v) is 26.1. The number of carbonyl (C=O) groups is 1. The highest BCUT2D eigenvalue weighted by molar-refractivity contribution is 6.34. The topological polar surface area (TPSA) is 84.8 Å². The number of carboxylic acid groups (broad SMARTS) is 1. The third-order valence-electron chi connectivity index (χ3n) is 7.27. The van der Waals surface area contributed by atoms with Crippen molar-refractivity contribution < 1.29 is 19.4 Å². The van der Waals surface area contributed by atoms with Crippen LogP contribution in [-0.4, -0.2) is 46.3 Å². The molecule has 0 bridgehead atoms. The molecular weight excluding hydrogens is 561 g/mol.